The van der Waals surface area contributed by atoms with Gasteiger partial charge in [0, 0.05) is 6.42 Å². The van der Waals surface area contributed by atoms with Gasteiger partial charge in [0.1, 0.15) is 5.75 Å². The minimum absolute atomic E-state index is 0.0488. The number of amides is 1. The van der Waals surface area contributed by atoms with Gasteiger partial charge >= 0.3 is 0 Å². The molecule has 1 aromatic carbocycles. The molecular weight excluding hydrogens is 290 g/mol. The van der Waals surface area contributed by atoms with E-state index in [4.69, 9.17) is 4.74 Å². The molecule has 0 aliphatic heterocycles. The molecule has 0 bridgehead atoms. The molecule has 2 rings (SSSR count). The number of aliphatic hydroxyl groups excluding tert-OH is 1. The highest BCUT2D eigenvalue weighted by Crippen LogP contribution is 2.29. The summed E-state index contributed by atoms with van der Waals surface area (Å²) in [4.78, 5) is 12.0. The molecule has 0 heterocycles. The summed E-state index contributed by atoms with van der Waals surface area (Å²) >= 11 is 0. The molecule has 1 aromatic rings. The van der Waals surface area contributed by atoms with E-state index in [0.717, 1.165) is 49.8 Å². The molecule has 0 unspecified atom stereocenters. The number of aryl methyl sites for hydroxylation is 2. The lowest BCUT2D eigenvalue weighted by Gasteiger charge is -2.28. The van der Waals surface area contributed by atoms with Crippen LogP contribution in [0.5, 0.6) is 5.75 Å². The Morgan fingerprint density at radius 2 is 2.00 bits per heavy atom. The molecule has 0 atom stereocenters. The second kappa shape index (κ2) is 8.34. The monoisotopic (exact) mass is 319 g/mol. The van der Waals surface area contributed by atoms with E-state index >= 15 is 0 Å². The van der Waals surface area contributed by atoms with E-state index in [2.05, 4.69) is 24.4 Å². The third-order valence-corrected chi connectivity index (χ3v) is 4.67. The van der Waals surface area contributed by atoms with Crippen LogP contribution in [-0.4, -0.2) is 29.8 Å². The number of carbonyl (C=O) groups excluding carboxylic acids is 1. The summed E-state index contributed by atoms with van der Waals surface area (Å²) in [7, 11) is 0. The molecule has 1 saturated carbocycles. The van der Waals surface area contributed by atoms with Gasteiger partial charge in [0.15, 0.2) is 0 Å². The van der Waals surface area contributed by atoms with Crippen molar-refractivity contribution in [3.05, 3.63) is 29.3 Å². The van der Waals surface area contributed by atoms with E-state index < -0.39 is 0 Å². The van der Waals surface area contributed by atoms with Crippen molar-refractivity contribution in [1.29, 1.82) is 0 Å². The van der Waals surface area contributed by atoms with Gasteiger partial charge in [0.25, 0.3) is 0 Å². The topological polar surface area (TPSA) is 58.6 Å². The van der Waals surface area contributed by atoms with Crippen molar-refractivity contribution < 1.29 is 14.6 Å². The Balaban J connectivity index is 1.65. The first-order valence-corrected chi connectivity index (χ1v) is 8.67. The SMILES string of the molecule is Cc1ccc(C)c(OCCCCC(=O)NC2(CO)CCCC2)c1. The zero-order chi connectivity index (χ0) is 16.7. The predicted octanol–water partition coefficient (Wildman–Crippen LogP) is 3.27. The van der Waals surface area contributed by atoms with Crippen LogP contribution in [-0.2, 0) is 4.79 Å². The quantitative estimate of drug-likeness (QED) is 0.723. The molecule has 1 amide bonds. The first kappa shape index (κ1) is 17.8. The molecule has 1 fully saturated rings. The summed E-state index contributed by atoms with van der Waals surface area (Å²) < 4.78 is 5.80. The third-order valence-electron chi connectivity index (χ3n) is 4.67. The van der Waals surface area contributed by atoms with Crippen LogP contribution in [0, 0.1) is 13.8 Å². The minimum Gasteiger partial charge on any atom is -0.493 e. The molecule has 4 nitrogen and oxygen atoms in total. The van der Waals surface area contributed by atoms with Gasteiger partial charge in [0.05, 0.1) is 18.8 Å². The second-order valence-corrected chi connectivity index (χ2v) is 6.77. The van der Waals surface area contributed by atoms with Crippen LogP contribution in [0.3, 0.4) is 0 Å². The minimum atomic E-state index is -0.355. The maximum Gasteiger partial charge on any atom is 0.220 e. The van der Waals surface area contributed by atoms with Gasteiger partial charge in [-0.2, -0.15) is 0 Å². The largest absolute Gasteiger partial charge is 0.493 e. The van der Waals surface area contributed by atoms with Crippen LogP contribution in [0.4, 0.5) is 0 Å². The molecule has 0 saturated heterocycles. The average Bonchev–Trinajstić information content (AvgIpc) is 2.99. The Morgan fingerprint density at radius 3 is 2.70 bits per heavy atom. The highest BCUT2D eigenvalue weighted by molar-refractivity contribution is 5.76. The number of benzene rings is 1. The number of hydrogen-bond acceptors (Lipinski definition) is 3. The summed E-state index contributed by atoms with van der Waals surface area (Å²) in [6, 6.07) is 6.19. The van der Waals surface area contributed by atoms with Gasteiger partial charge in [0.2, 0.25) is 5.91 Å². The van der Waals surface area contributed by atoms with Crippen molar-refractivity contribution >= 4 is 5.91 Å². The van der Waals surface area contributed by atoms with Crippen molar-refractivity contribution in [3.63, 3.8) is 0 Å². The average molecular weight is 319 g/mol. The van der Waals surface area contributed by atoms with Gasteiger partial charge in [-0.1, -0.05) is 25.0 Å². The van der Waals surface area contributed by atoms with E-state index in [1.54, 1.807) is 0 Å². The summed E-state index contributed by atoms with van der Waals surface area (Å²) in [6.07, 6.45) is 6.12. The molecule has 128 valence electrons. The Bertz CT molecular complexity index is 521. The highest BCUT2D eigenvalue weighted by Gasteiger charge is 2.34. The fourth-order valence-electron chi connectivity index (χ4n) is 3.17. The first-order chi connectivity index (χ1) is 11.0. The number of ether oxygens (including phenoxy) is 1. The van der Waals surface area contributed by atoms with Crippen LogP contribution >= 0.6 is 0 Å². The number of aliphatic hydroxyl groups is 1. The van der Waals surface area contributed by atoms with Gasteiger partial charge in [-0.25, -0.2) is 0 Å². The summed E-state index contributed by atoms with van der Waals surface area (Å²) in [5.74, 6) is 0.979. The van der Waals surface area contributed by atoms with Crippen LogP contribution in [0.1, 0.15) is 56.1 Å². The van der Waals surface area contributed by atoms with Crippen LogP contribution in [0.15, 0.2) is 18.2 Å². The van der Waals surface area contributed by atoms with E-state index in [1.165, 1.54) is 5.56 Å². The van der Waals surface area contributed by atoms with Gasteiger partial charge in [-0.05, 0) is 56.7 Å². The maximum atomic E-state index is 12.0. The molecular formula is C19H29NO3. The first-order valence-electron chi connectivity index (χ1n) is 8.67. The van der Waals surface area contributed by atoms with Crippen molar-refractivity contribution in [2.45, 2.75) is 64.3 Å². The van der Waals surface area contributed by atoms with Gasteiger partial charge in [-0.15, -0.1) is 0 Å². The van der Waals surface area contributed by atoms with Crippen molar-refractivity contribution in [2.24, 2.45) is 0 Å². The molecule has 2 N–H and O–H groups in total. The lowest BCUT2D eigenvalue weighted by atomic mass is 9.98. The fraction of sp³-hybridized carbons (Fsp3) is 0.632. The number of carbonyl (C=O) groups is 1. The van der Waals surface area contributed by atoms with E-state index in [1.807, 2.05) is 13.0 Å². The smallest absolute Gasteiger partial charge is 0.220 e. The zero-order valence-electron chi connectivity index (χ0n) is 14.4. The Morgan fingerprint density at radius 1 is 1.26 bits per heavy atom. The molecule has 1 aliphatic rings. The van der Waals surface area contributed by atoms with Gasteiger partial charge in [-0.3, -0.25) is 4.79 Å². The maximum absolute atomic E-state index is 12.0. The lowest BCUT2D eigenvalue weighted by Crippen LogP contribution is -2.49. The standard InChI is InChI=1S/C19H29NO3/c1-15-8-9-16(2)17(13-15)23-12-6-3-7-18(22)20-19(14-21)10-4-5-11-19/h8-9,13,21H,3-7,10-12,14H2,1-2H3,(H,20,22). The van der Waals surface area contributed by atoms with Crippen LogP contribution in [0.25, 0.3) is 0 Å². The normalized spacial score (nSPS) is 16.3. The van der Waals surface area contributed by atoms with Crippen LogP contribution < -0.4 is 10.1 Å². The van der Waals surface area contributed by atoms with Gasteiger partial charge < -0.3 is 15.2 Å². The highest BCUT2D eigenvalue weighted by atomic mass is 16.5. The summed E-state index contributed by atoms with van der Waals surface area (Å²) in [6.45, 7) is 4.77. The molecule has 0 radical (unpaired) electrons. The molecule has 4 heteroatoms. The number of rotatable bonds is 8. The van der Waals surface area contributed by atoms with E-state index in [-0.39, 0.29) is 18.1 Å². The van der Waals surface area contributed by atoms with Crippen molar-refractivity contribution in [1.82, 2.24) is 5.32 Å². The number of nitrogens with one attached hydrogen (secondary N) is 1. The lowest BCUT2D eigenvalue weighted by molar-refractivity contribution is -0.123. The van der Waals surface area contributed by atoms with Crippen LogP contribution in [0.2, 0.25) is 0 Å². The summed E-state index contributed by atoms with van der Waals surface area (Å²) in [5, 5.41) is 12.6. The van der Waals surface area contributed by atoms with E-state index in [9.17, 15) is 9.90 Å². The fourth-order valence-corrected chi connectivity index (χ4v) is 3.17. The zero-order valence-corrected chi connectivity index (χ0v) is 14.4. The van der Waals surface area contributed by atoms with Crippen molar-refractivity contribution in [3.8, 4) is 5.75 Å². The molecule has 1 aliphatic carbocycles. The Labute approximate surface area is 139 Å². The Hall–Kier alpha value is -1.55. The molecule has 0 spiro atoms. The molecule has 0 aromatic heterocycles. The summed E-state index contributed by atoms with van der Waals surface area (Å²) in [5.41, 5.74) is 1.97. The number of unbranched alkanes of at least 4 members (excludes halogenated alkanes) is 1. The predicted molar refractivity (Wildman–Crippen MR) is 91.7 cm³/mol. The van der Waals surface area contributed by atoms with Crippen molar-refractivity contribution in [2.75, 3.05) is 13.2 Å². The molecule has 23 heavy (non-hydrogen) atoms. The number of hydrogen-bond donors (Lipinski definition) is 2. The second-order valence-electron chi connectivity index (χ2n) is 6.77. The Kier molecular flexibility index (Phi) is 6.46. The third kappa shape index (κ3) is 5.24. The van der Waals surface area contributed by atoms with E-state index in [0.29, 0.717) is 13.0 Å².